The summed E-state index contributed by atoms with van der Waals surface area (Å²) in [5, 5.41) is 5.32. The van der Waals surface area contributed by atoms with Gasteiger partial charge in [0.05, 0.1) is 6.61 Å². The molecule has 2 N–H and O–H groups in total. The van der Waals surface area contributed by atoms with Crippen LogP contribution in [-0.4, -0.2) is 49.4 Å². The average Bonchev–Trinajstić information content (AvgIpc) is 2.63. The van der Waals surface area contributed by atoms with Gasteiger partial charge in [-0.05, 0) is 32.8 Å². The Hall–Kier alpha value is -2.61. The van der Waals surface area contributed by atoms with Crippen LogP contribution in [0.15, 0.2) is 30.3 Å². The van der Waals surface area contributed by atoms with Crippen LogP contribution in [0, 0.1) is 0 Å². The van der Waals surface area contributed by atoms with Crippen molar-refractivity contribution in [3.8, 4) is 0 Å². The molecule has 8 nitrogen and oxygen atoms in total. The van der Waals surface area contributed by atoms with Gasteiger partial charge in [0.2, 0.25) is 6.10 Å². The Morgan fingerprint density at radius 2 is 1.76 bits per heavy atom. The highest BCUT2D eigenvalue weighted by Gasteiger charge is 2.34. The van der Waals surface area contributed by atoms with Crippen LogP contribution in [0.5, 0.6) is 0 Å². The molecule has 29 heavy (non-hydrogen) atoms. The maximum absolute atomic E-state index is 12.8. The highest BCUT2D eigenvalue weighted by molar-refractivity contribution is 5.85. The molecule has 1 aromatic rings. The summed E-state index contributed by atoms with van der Waals surface area (Å²) in [4.78, 5) is 37.1. The minimum absolute atomic E-state index is 0.0396. The molecule has 1 aromatic carbocycles. The molecule has 0 spiro atoms. The van der Waals surface area contributed by atoms with Crippen LogP contribution in [0.25, 0.3) is 0 Å². The van der Waals surface area contributed by atoms with E-state index in [-0.39, 0.29) is 19.6 Å². The molecule has 0 heterocycles. The number of hydrogen-bond donors (Lipinski definition) is 2. The smallest absolute Gasteiger partial charge is 0.408 e. The van der Waals surface area contributed by atoms with Crippen molar-refractivity contribution >= 4 is 18.0 Å². The third-order valence-electron chi connectivity index (χ3n) is 3.69. The molecule has 2 amide bonds. The SMILES string of the molecule is CCCC(=O)OC(C(=O)NCc1ccccc1)[C@H](COC)NC(=O)OC(C)(C)C. The van der Waals surface area contributed by atoms with Crippen LogP contribution in [-0.2, 0) is 30.3 Å². The number of esters is 1. The Morgan fingerprint density at radius 1 is 1.10 bits per heavy atom. The first-order valence-electron chi connectivity index (χ1n) is 9.65. The highest BCUT2D eigenvalue weighted by atomic mass is 16.6. The van der Waals surface area contributed by atoms with E-state index in [2.05, 4.69) is 10.6 Å². The van der Waals surface area contributed by atoms with Gasteiger partial charge in [0, 0.05) is 20.1 Å². The molecule has 8 heteroatoms. The van der Waals surface area contributed by atoms with Crippen LogP contribution in [0.1, 0.15) is 46.1 Å². The number of carbonyl (C=O) groups is 3. The molecular weight excluding hydrogens is 376 g/mol. The van der Waals surface area contributed by atoms with Gasteiger partial charge in [-0.3, -0.25) is 9.59 Å². The lowest BCUT2D eigenvalue weighted by atomic mass is 10.1. The van der Waals surface area contributed by atoms with Crippen molar-refractivity contribution in [3.63, 3.8) is 0 Å². The average molecular weight is 408 g/mol. The van der Waals surface area contributed by atoms with E-state index in [1.807, 2.05) is 37.3 Å². The van der Waals surface area contributed by atoms with E-state index >= 15 is 0 Å². The van der Waals surface area contributed by atoms with E-state index in [0.29, 0.717) is 6.42 Å². The normalized spacial score (nSPS) is 13.1. The fourth-order valence-corrected chi connectivity index (χ4v) is 2.45. The minimum atomic E-state index is -1.26. The Morgan fingerprint density at radius 3 is 2.31 bits per heavy atom. The van der Waals surface area contributed by atoms with Crippen molar-refractivity contribution in [1.82, 2.24) is 10.6 Å². The lowest BCUT2D eigenvalue weighted by Crippen LogP contribution is -2.55. The second-order valence-electron chi connectivity index (χ2n) is 7.57. The van der Waals surface area contributed by atoms with Crippen molar-refractivity contribution in [2.24, 2.45) is 0 Å². The van der Waals surface area contributed by atoms with Gasteiger partial charge >= 0.3 is 12.1 Å². The number of rotatable bonds is 10. The van der Waals surface area contributed by atoms with Crippen molar-refractivity contribution in [1.29, 1.82) is 0 Å². The van der Waals surface area contributed by atoms with Gasteiger partial charge in [0.1, 0.15) is 11.6 Å². The largest absolute Gasteiger partial charge is 0.450 e. The summed E-state index contributed by atoms with van der Waals surface area (Å²) < 4.78 is 15.8. The molecule has 1 unspecified atom stereocenters. The summed E-state index contributed by atoms with van der Waals surface area (Å²) >= 11 is 0. The molecule has 0 aromatic heterocycles. The van der Waals surface area contributed by atoms with Gasteiger partial charge in [-0.1, -0.05) is 37.3 Å². The van der Waals surface area contributed by atoms with Gasteiger partial charge < -0.3 is 24.8 Å². The van der Waals surface area contributed by atoms with Crippen LogP contribution in [0.4, 0.5) is 4.79 Å². The summed E-state index contributed by atoms with van der Waals surface area (Å²) in [5.74, 6) is -1.06. The zero-order valence-corrected chi connectivity index (χ0v) is 17.8. The fraction of sp³-hybridized carbons (Fsp3) is 0.571. The van der Waals surface area contributed by atoms with Gasteiger partial charge in [-0.25, -0.2) is 4.79 Å². The van der Waals surface area contributed by atoms with E-state index in [9.17, 15) is 14.4 Å². The number of nitrogens with one attached hydrogen (secondary N) is 2. The molecule has 1 rings (SSSR count). The van der Waals surface area contributed by atoms with Crippen LogP contribution in [0.3, 0.4) is 0 Å². The Labute approximate surface area is 172 Å². The molecular formula is C21H32N2O6. The fourth-order valence-electron chi connectivity index (χ4n) is 2.45. The summed E-state index contributed by atoms with van der Waals surface area (Å²) in [6.45, 7) is 7.22. The maximum atomic E-state index is 12.8. The number of ether oxygens (including phenoxy) is 3. The van der Waals surface area contributed by atoms with Crippen LogP contribution < -0.4 is 10.6 Å². The zero-order chi connectivity index (χ0) is 21.9. The first kappa shape index (κ1) is 24.4. The number of alkyl carbamates (subject to hydrolysis) is 1. The summed E-state index contributed by atoms with van der Waals surface area (Å²) in [6, 6.07) is 8.41. The van der Waals surface area contributed by atoms with Crippen LogP contribution >= 0.6 is 0 Å². The number of carbonyl (C=O) groups excluding carboxylic acids is 3. The quantitative estimate of drug-likeness (QED) is 0.577. The van der Waals surface area contributed by atoms with Crippen molar-refractivity contribution < 1.29 is 28.6 Å². The molecule has 2 atom stereocenters. The Balaban J connectivity index is 2.93. The van der Waals surface area contributed by atoms with E-state index < -0.39 is 35.7 Å². The second kappa shape index (κ2) is 12.1. The van der Waals surface area contributed by atoms with E-state index in [1.54, 1.807) is 20.8 Å². The predicted octanol–water partition coefficient (Wildman–Crippen LogP) is 2.55. The number of hydrogen-bond acceptors (Lipinski definition) is 6. The third kappa shape index (κ3) is 9.94. The molecule has 0 aliphatic heterocycles. The lowest BCUT2D eigenvalue weighted by Gasteiger charge is -2.28. The van der Waals surface area contributed by atoms with Crippen molar-refractivity contribution in [3.05, 3.63) is 35.9 Å². The first-order valence-corrected chi connectivity index (χ1v) is 9.65. The Kier molecular flexibility index (Phi) is 10.2. The number of amides is 2. The molecule has 0 saturated heterocycles. The summed E-state index contributed by atoms with van der Waals surface area (Å²) in [6.07, 6.45) is -1.25. The predicted molar refractivity (Wildman–Crippen MR) is 108 cm³/mol. The minimum Gasteiger partial charge on any atom is -0.450 e. The molecule has 162 valence electrons. The summed E-state index contributed by atoms with van der Waals surface area (Å²) in [7, 11) is 1.43. The molecule has 0 aliphatic carbocycles. The van der Waals surface area contributed by atoms with E-state index in [4.69, 9.17) is 14.2 Å². The van der Waals surface area contributed by atoms with E-state index in [1.165, 1.54) is 7.11 Å². The van der Waals surface area contributed by atoms with E-state index in [0.717, 1.165) is 5.56 Å². The standard InChI is InChI=1S/C21H32N2O6/c1-6-10-17(24)28-18(19(25)22-13-15-11-8-7-9-12-15)16(14-27-5)23-20(26)29-21(2,3)4/h7-9,11-12,16,18H,6,10,13-14H2,1-5H3,(H,22,25)(H,23,26)/t16-,18?/m0/s1. The van der Waals surface area contributed by atoms with Crippen molar-refractivity contribution in [2.45, 2.75) is 64.8 Å². The summed E-state index contributed by atoms with van der Waals surface area (Å²) in [5.41, 5.74) is 0.175. The third-order valence-corrected chi connectivity index (χ3v) is 3.69. The van der Waals surface area contributed by atoms with Gasteiger partial charge in [0.15, 0.2) is 0 Å². The van der Waals surface area contributed by atoms with Crippen LogP contribution in [0.2, 0.25) is 0 Å². The molecule has 0 bridgehead atoms. The van der Waals surface area contributed by atoms with Gasteiger partial charge in [-0.2, -0.15) is 0 Å². The van der Waals surface area contributed by atoms with Crippen molar-refractivity contribution in [2.75, 3.05) is 13.7 Å². The maximum Gasteiger partial charge on any atom is 0.408 e. The highest BCUT2D eigenvalue weighted by Crippen LogP contribution is 2.10. The molecule has 0 saturated carbocycles. The molecule has 0 aliphatic rings. The second-order valence-corrected chi connectivity index (χ2v) is 7.57. The number of methoxy groups -OCH3 is 1. The zero-order valence-electron chi connectivity index (χ0n) is 17.8. The number of benzene rings is 1. The Bertz CT molecular complexity index is 657. The molecule has 0 radical (unpaired) electrons. The molecule has 0 fully saturated rings. The van der Waals surface area contributed by atoms with Gasteiger partial charge in [-0.15, -0.1) is 0 Å². The monoisotopic (exact) mass is 408 g/mol. The lowest BCUT2D eigenvalue weighted by molar-refractivity contribution is -0.158. The topological polar surface area (TPSA) is 103 Å². The van der Waals surface area contributed by atoms with Gasteiger partial charge in [0.25, 0.3) is 5.91 Å². The first-order chi connectivity index (χ1) is 13.7.